The summed E-state index contributed by atoms with van der Waals surface area (Å²) in [6.07, 6.45) is 1.39. The van der Waals surface area contributed by atoms with Crippen LogP contribution >= 0.6 is 0 Å². The van der Waals surface area contributed by atoms with Crippen LogP contribution in [0.25, 0.3) is 0 Å². The Labute approximate surface area is 108 Å². The van der Waals surface area contributed by atoms with E-state index in [9.17, 15) is 8.42 Å². The minimum atomic E-state index is -3.66. The van der Waals surface area contributed by atoms with Crippen molar-refractivity contribution in [1.82, 2.24) is 13.9 Å². The Balaban J connectivity index is 3.19. The zero-order chi connectivity index (χ0) is 13.9. The highest BCUT2D eigenvalue weighted by atomic mass is 32.2. The molecule has 2 N–H and O–H groups in total. The van der Waals surface area contributed by atoms with E-state index in [2.05, 4.69) is 4.98 Å². The number of anilines is 1. The van der Waals surface area contributed by atoms with Gasteiger partial charge in [0, 0.05) is 26.7 Å². The molecule has 0 saturated heterocycles. The largest absolute Gasteiger partial charge is 0.383 e. The number of rotatable bonds is 6. The van der Waals surface area contributed by atoms with Crippen LogP contribution in [0.1, 0.15) is 13.8 Å². The number of methoxy groups -OCH3 is 1. The van der Waals surface area contributed by atoms with Gasteiger partial charge in [0.2, 0.25) is 0 Å². The summed E-state index contributed by atoms with van der Waals surface area (Å²) in [7, 11) is -0.522. The number of nitrogens with zero attached hydrogens (tertiary/aromatic N) is 3. The molecule has 0 bridgehead atoms. The summed E-state index contributed by atoms with van der Waals surface area (Å²) in [4.78, 5) is 3.81. The smallest absolute Gasteiger partial charge is 0.262 e. The first kappa shape index (κ1) is 14.9. The zero-order valence-corrected chi connectivity index (χ0v) is 11.9. The van der Waals surface area contributed by atoms with Crippen molar-refractivity contribution in [2.45, 2.75) is 24.9 Å². The number of hydrogen-bond donors (Lipinski definition) is 1. The number of hydrogen-bond acceptors (Lipinski definition) is 5. The quantitative estimate of drug-likeness (QED) is 0.792. The standard InChI is InChI=1S/C10H20N4O3S/c1-5-14(8(2)6-17-4)18(15,16)10-9(11)12-7-13(10)3/h7-8H,5-6,11H2,1-4H3. The van der Waals surface area contributed by atoms with Crippen molar-refractivity contribution in [1.29, 1.82) is 0 Å². The Kier molecular flexibility index (Phi) is 4.71. The molecule has 0 saturated carbocycles. The fraction of sp³-hybridized carbons (Fsp3) is 0.700. The molecule has 1 aromatic heterocycles. The number of likely N-dealkylation sites (N-methyl/N-ethyl adjacent to an activating group) is 1. The Morgan fingerprint density at radius 3 is 2.61 bits per heavy atom. The normalized spacial score (nSPS) is 14.1. The second-order valence-corrected chi connectivity index (χ2v) is 5.86. The molecular formula is C10H20N4O3S. The number of ether oxygens (including phenoxy) is 1. The van der Waals surface area contributed by atoms with Gasteiger partial charge in [-0.05, 0) is 6.92 Å². The molecule has 8 heteroatoms. The first-order chi connectivity index (χ1) is 8.36. The minimum absolute atomic E-state index is 0.0144. The summed E-state index contributed by atoms with van der Waals surface area (Å²) in [5.41, 5.74) is 5.63. The van der Waals surface area contributed by atoms with Crippen molar-refractivity contribution in [2.75, 3.05) is 26.0 Å². The van der Waals surface area contributed by atoms with E-state index in [1.54, 1.807) is 20.9 Å². The first-order valence-corrected chi connectivity index (χ1v) is 7.07. The summed E-state index contributed by atoms with van der Waals surface area (Å²) >= 11 is 0. The Morgan fingerprint density at radius 2 is 2.22 bits per heavy atom. The SMILES string of the molecule is CCN(C(C)COC)S(=O)(=O)c1c(N)ncn1C. The molecular weight excluding hydrogens is 256 g/mol. The van der Waals surface area contributed by atoms with Crippen LogP contribution in [-0.2, 0) is 21.8 Å². The third kappa shape index (κ3) is 2.65. The molecule has 0 aliphatic rings. The second kappa shape index (κ2) is 5.68. The van der Waals surface area contributed by atoms with Crippen molar-refractivity contribution in [3.8, 4) is 0 Å². The molecule has 0 aromatic carbocycles. The monoisotopic (exact) mass is 276 g/mol. The highest BCUT2D eigenvalue weighted by molar-refractivity contribution is 7.89. The van der Waals surface area contributed by atoms with Crippen LogP contribution in [0.5, 0.6) is 0 Å². The number of aryl methyl sites for hydroxylation is 1. The van der Waals surface area contributed by atoms with Crippen molar-refractivity contribution < 1.29 is 13.2 Å². The highest BCUT2D eigenvalue weighted by Gasteiger charge is 2.32. The Hall–Kier alpha value is -1.12. The molecule has 1 atom stereocenters. The van der Waals surface area contributed by atoms with Gasteiger partial charge in [0.05, 0.1) is 12.9 Å². The lowest BCUT2D eigenvalue weighted by Crippen LogP contribution is -2.41. The maximum Gasteiger partial charge on any atom is 0.262 e. The van der Waals surface area contributed by atoms with E-state index in [1.807, 2.05) is 0 Å². The molecule has 0 aliphatic carbocycles. The van der Waals surface area contributed by atoms with Crippen molar-refractivity contribution >= 4 is 15.8 Å². The fourth-order valence-corrected chi connectivity index (χ4v) is 3.73. The predicted octanol–water partition coefficient (Wildman–Crippen LogP) is 0.0478. The lowest BCUT2D eigenvalue weighted by Gasteiger charge is -2.26. The van der Waals surface area contributed by atoms with Gasteiger partial charge < -0.3 is 15.0 Å². The topological polar surface area (TPSA) is 90.4 Å². The summed E-state index contributed by atoms with van der Waals surface area (Å²) in [5, 5.41) is 0.0207. The predicted molar refractivity (Wildman–Crippen MR) is 68.5 cm³/mol. The molecule has 1 unspecified atom stereocenters. The van der Waals surface area contributed by atoms with E-state index in [0.717, 1.165) is 0 Å². The number of nitrogen functional groups attached to an aromatic ring is 1. The molecule has 104 valence electrons. The maximum absolute atomic E-state index is 12.5. The first-order valence-electron chi connectivity index (χ1n) is 5.63. The van der Waals surface area contributed by atoms with Gasteiger partial charge in [-0.25, -0.2) is 13.4 Å². The van der Waals surface area contributed by atoms with E-state index in [1.165, 1.54) is 22.3 Å². The number of nitrogens with two attached hydrogens (primary N) is 1. The fourth-order valence-electron chi connectivity index (χ4n) is 1.91. The zero-order valence-electron chi connectivity index (χ0n) is 11.1. The van der Waals surface area contributed by atoms with Crippen LogP contribution in [0.2, 0.25) is 0 Å². The Bertz CT molecular complexity index is 478. The molecule has 1 heterocycles. The molecule has 1 aromatic rings. The van der Waals surface area contributed by atoms with Crippen LogP contribution in [0.3, 0.4) is 0 Å². The third-order valence-electron chi connectivity index (χ3n) is 2.67. The molecule has 0 amide bonds. The van der Waals surface area contributed by atoms with E-state index in [0.29, 0.717) is 13.2 Å². The molecule has 0 aliphatic heterocycles. The molecule has 0 radical (unpaired) electrons. The third-order valence-corrected chi connectivity index (χ3v) is 4.90. The van der Waals surface area contributed by atoms with Crippen LogP contribution in [0.15, 0.2) is 11.4 Å². The molecule has 18 heavy (non-hydrogen) atoms. The lowest BCUT2D eigenvalue weighted by molar-refractivity contribution is 0.142. The van der Waals surface area contributed by atoms with Gasteiger partial charge in [-0.15, -0.1) is 0 Å². The van der Waals surface area contributed by atoms with Crippen LogP contribution in [0.4, 0.5) is 5.82 Å². The summed E-state index contributed by atoms with van der Waals surface area (Å²) in [6.45, 7) is 4.23. The Morgan fingerprint density at radius 1 is 1.61 bits per heavy atom. The van der Waals surface area contributed by atoms with E-state index >= 15 is 0 Å². The van der Waals surface area contributed by atoms with Gasteiger partial charge in [0.1, 0.15) is 0 Å². The van der Waals surface area contributed by atoms with Crippen molar-refractivity contribution in [2.24, 2.45) is 7.05 Å². The second-order valence-electron chi connectivity index (χ2n) is 4.06. The van der Waals surface area contributed by atoms with E-state index in [4.69, 9.17) is 10.5 Å². The average molecular weight is 276 g/mol. The van der Waals surface area contributed by atoms with E-state index in [-0.39, 0.29) is 16.9 Å². The lowest BCUT2D eigenvalue weighted by atomic mass is 10.4. The van der Waals surface area contributed by atoms with Gasteiger partial charge in [0.15, 0.2) is 10.8 Å². The van der Waals surface area contributed by atoms with E-state index < -0.39 is 10.0 Å². The molecule has 0 spiro atoms. The molecule has 1 rings (SSSR count). The van der Waals surface area contributed by atoms with Crippen LogP contribution in [-0.4, -0.2) is 48.6 Å². The summed E-state index contributed by atoms with van der Waals surface area (Å²) in [5.74, 6) is 0.0144. The number of imidazole rings is 1. The summed E-state index contributed by atoms with van der Waals surface area (Å²) in [6, 6.07) is -0.265. The van der Waals surface area contributed by atoms with Gasteiger partial charge in [-0.3, -0.25) is 0 Å². The van der Waals surface area contributed by atoms with Crippen molar-refractivity contribution in [3.05, 3.63) is 6.33 Å². The van der Waals surface area contributed by atoms with Crippen LogP contribution in [0, 0.1) is 0 Å². The molecule has 0 fully saturated rings. The average Bonchev–Trinajstić information content (AvgIpc) is 2.59. The number of aromatic nitrogens is 2. The highest BCUT2D eigenvalue weighted by Crippen LogP contribution is 2.22. The minimum Gasteiger partial charge on any atom is -0.383 e. The summed E-state index contributed by atoms with van der Waals surface area (Å²) < 4.78 is 32.8. The number of sulfonamides is 1. The van der Waals surface area contributed by atoms with Gasteiger partial charge in [0.25, 0.3) is 10.0 Å². The van der Waals surface area contributed by atoms with Gasteiger partial charge in [-0.2, -0.15) is 4.31 Å². The van der Waals surface area contributed by atoms with Gasteiger partial charge in [-0.1, -0.05) is 6.92 Å². The maximum atomic E-state index is 12.5. The molecule has 7 nitrogen and oxygen atoms in total. The van der Waals surface area contributed by atoms with Crippen LogP contribution < -0.4 is 5.73 Å². The van der Waals surface area contributed by atoms with Gasteiger partial charge >= 0.3 is 0 Å². The van der Waals surface area contributed by atoms with Crippen molar-refractivity contribution in [3.63, 3.8) is 0 Å².